The highest BCUT2D eigenvalue weighted by Crippen LogP contribution is 2.32. The quantitative estimate of drug-likeness (QED) is 0.0829. The molecule has 0 unspecified atom stereocenters. The second kappa shape index (κ2) is 23.9. The van der Waals surface area contributed by atoms with Crippen molar-refractivity contribution >= 4 is 6.09 Å². The van der Waals surface area contributed by atoms with Gasteiger partial charge in [-0.1, -0.05) is 43.1 Å². The minimum atomic E-state index is -0.511. The fourth-order valence-electron chi connectivity index (χ4n) is 3.91. The lowest BCUT2D eigenvalue weighted by Gasteiger charge is -2.20. The van der Waals surface area contributed by atoms with Crippen LogP contribution in [0.15, 0.2) is 35.4 Å². The Balaban J connectivity index is 2.56. The summed E-state index contributed by atoms with van der Waals surface area (Å²) in [4.78, 5) is 13.8. The first-order chi connectivity index (χ1) is 20.3. The van der Waals surface area contributed by atoms with Gasteiger partial charge in [-0.25, -0.2) is 4.79 Å². The average Bonchev–Trinajstić information content (AvgIpc) is 2.95. The molecule has 0 aliphatic carbocycles. The van der Waals surface area contributed by atoms with Crippen LogP contribution in [0.1, 0.15) is 70.9 Å². The summed E-state index contributed by atoms with van der Waals surface area (Å²) in [6.07, 6.45) is 10.5. The van der Waals surface area contributed by atoms with E-state index in [1.54, 1.807) is 14.2 Å². The Morgan fingerprint density at radius 2 is 1.55 bits per heavy atom. The number of amides is 1. The van der Waals surface area contributed by atoms with E-state index in [-0.39, 0.29) is 25.7 Å². The lowest BCUT2D eigenvalue weighted by atomic mass is 10.00. The topological polar surface area (TPSA) is 95.9 Å². The third-order valence-electron chi connectivity index (χ3n) is 6.41. The number of benzene rings is 1. The number of aryl methyl sites for hydroxylation is 1. The Kier molecular flexibility index (Phi) is 21.3. The van der Waals surface area contributed by atoms with E-state index in [0.29, 0.717) is 51.8 Å². The van der Waals surface area contributed by atoms with Crippen LogP contribution in [0.5, 0.6) is 11.5 Å². The minimum Gasteiger partial charge on any atom is -0.508 e. The highest BCUT2D eigenvalue weighted by Gasteiger charge is 2.15. The summed E-state index contributed by atoms with van der Waals surface area (Å²) >= 11 is 0. The molecule has 0 aliphatic rings. The molecule has 0 spiro atoms. The summed E-state index contributed by atoms with van der Waals surface area (Å²) in [6, 6.07) is 3.82. The van der Waals surface area contributed by atoms with E-state index in [4.69, 9.17) is 28.4 Å². The number of nitrogens with zero attached hydrogens (tertiary/aromatic N) is 1. The molecule has 1 amide bonds. The lowest BCUT2D eigenvalue weighted by molar-refractivity contribution is -0.00470. The van der Waals surface area contributed by atoms with E-state index in [1.165, 1.54) is 16.0 Å². The number of rotatable bonds is 24. The van der Waals surface area contributed by atoms with Gasteiger partial charge in [0.2, 0.25) is 0 Å². The molecule has 9 heteroatoms. The molecule has 1 N–H and O–H groups in total. The van der Waals surface area contributed by atoms with Crippen LogP contribution in [0, 0.1) is 0 Å². The van der Waals surface area contributed by atoms with Gasteiger partial charge in [-0.15, -0.1) is 0 Å². The van der Waals surface area contributed by atoms with Crippen molar-refractivity contribution in [2.45, 2.75) is 72.6 Å². The molecule has 0 bridgehead atoms. The van der Waals surface area contributed by atoms with Crippen LogP contribution in [0.25, 0.3) is 0 Å². The maximum atomic E-state index is 12.5. The van der Waals surface area contributed by atoms with Crippen molar-refractivity contribution in [2.75, 3.05) is 73.7 Å². The maximum absolute atomic E-state index is 12.5. The SMILES string of the molecule is CCCCCc1cc(O)c(CC=C(C)CCC=C(C)C)c(OCN(C)C(=O)OCCOCCOCCOCCOC)c1. The summed E-state index contributed by atoms with van der Waals surface area (Å²) < 4.78 is 32.5. The van der Waals surface area contributed by atoms with Crippen LogP contribution >= 0.6 is 0 Å². The van der Waals surface area contributed by atoms with E-state index in [9.17, 15) is 9.90 Å². The second-order valence-electron chi connectivity index (χ2n) is 10.5. The van der Waals surface area contributed by atoms with Crippen LogP contribution in [0.3, 0.4) is 0 Å². The Bertz CT molecular complexity index is 927. The molecule has 0 saturated heterocycles. The first-order valence-electron chi connectivity index (χ1n) is 15.1. The van der Waals surface area contributed by atoms with Gasteiger partial charge in [-0.05, 0) is 70.6 Å². The number of hydrogen-bond acceptors (Lipinski definition) is 8. The van der Waals surface area contributed by atoms with E-state index in [2.05, 4.69) is 39.8 Å². The largest absolute Gasteiger partial charge is 0.508 e. The number of phenolic OH excluding ortho intramolecular Hbond substituents is 1. The first-order valence-corrected chi connectivity index (χ1v) is 15.1. The number of unbranched alkanes of at least 4 members (excludes halogenated alkanes) is 2. The third kappa shape index (κ3) is 18.1. The molecule has 240 valence electrons. The predicted molar refractivity (Wildman–Crippen MR) is 166 cm³/mol. The minimum absolute atomic E-state index is 0.00585. The van der Waals surface area contributed by atoms with Crippen LogP contribution in [0.4, 0.5) is 4.79 Å². The van der Waals surface area contributed by atoms with Crippen LogP contribution in [-0.2, 0) is 36.5 Å². The summed E-state index contributed by atoms with van der Waals surface area (Å²) in [5.41, 5.74) is 4.31. The Hall–Kier alpha value is -2.59. The number of phenols is 1. The fraction of sp³-hybridized carbons (Fsp3) is 0.667. The van der Waals surface area contributed by atoms with Crippen molar-refractivity contribution in [3.63, 3.8) is 0 Å². The normalized spacial score (nSPS) is 11.4. The van der Waals surface area contributed by atoms with Crippen LogP contribution < -0.4 is 4.74 Å². The summed E-state index contributed by atoms with van der Waals surface area (Å²) in [6.45, 7) is 11.8. The van der Waals surface area contributed by atoms with Crippen molar-refractivity contribution in [3.8, 4) is 11.5 Å². The lowest BCUT2D eigenvalue weighted by Crippen LogP contribution is -2.32. The number of methoxy groups -OCH3 is 1. The molecule has 0 fully saturated rings. The summed E-state index contributed by atoms with van der Waals surface area (Å²) in [5, 5.41) is 10.9. The molecule has 1 rings (SSSR count). The molecule has 9 nitrogen and oxygen atoms in total. The maximum Gasteiger partial charge on any atom is 0.412 e. The van der Waals surface area contributed by atoms with Gasteiger partial charge in [0, 0.05) is 19.7 Å². The zero-order chi connectivity index (χ0) is 31.0. The molecular weight excluding hydrogens is 538 g/mol. The van der Waals surface area contributed by atoms with Gasteiger partial charge in [0.25, 0.3) is 0 Å². The van der Waals surface area contributed by atoms with E-state index in [1.807, 2.05) is 12.1 Å². The average molecular weight is 594 g/mol. The van der Waals surface area contributed by atoms with Gasteiger partial charge >= 0.3 is 6.09 Å². The second-order valence-corrected chi connectivity index (χ2v) is 10.5. The van der Waals surface area contributed by atoms with E-state index < -0.39 is 6.09 Å². The zero-order valence-corrected chi connectivity index (χ0v) is 26.9. The van der Waals surface area contributed by atoms with Crippen molar-refractivity contribution in [2.24, 2.45) is 0 Å². The number of aromatic hydroxyl groups is 1. The van der Waals surface area contributed by atoms with Crippen molar-refractivity contribution in [3.05, 3.63) is 46.6 Å². The predicted octanol–water partition coefficient (Wildman–Crippen LogP) is 6.46. The molecule has 0 heterocycles. The Morgan fingerprint density at radius 1 is 0.905 bits per heavy atom. The van der Waals surface area contributed by atoms with E-state index in [0.717, 1.165) is 49.7 Å². The Labute approximate surface area is 253 Å². The number of ether oxygens (including phenoxy) is 6. The molecule has 0 radical (unpaired) electrons. The van der Waals surface area contributed by atoms with Gasteiger partial charge in [-0.3, -0.25) is 4.90 Å². The first kappa shape index (κ1) is 37.4. The number of carbonyl (C=O) groups excluding carboxylic acids is 1. The summed E-state index contributed by atoms with van der Waals surface area (Å²) in [5.74, 6) is 0.805. The zero-order valence-electron chi connectivity index (χ0n) is 26.9. The standard InChI is InChI=1S/C33H55NO8/c1-7-8-9-13-29-24-31(35)30(15-14-28(4)12-10-11-27(2)3)32(25-29)42-26-34(5)33(36)41-23-22-40-21-20-39-19-18-38-17-16-37-6/h11,14,24-25,35H,7-10,12-13,15-23,26H2,1-6H3. The number of hydrogen-bond donors (Lipinski definition) is 1. The highest BCUT2D eigenvalue weighted by molar-refractivity contribution is 5.67. The van der Waals surface area contributed by atoms with Gasteiger partial charge in [0.15, 0.2) is 6.73 Å². The molecule has 1 aromatic carbocycles. The van der Waals surface area contributed by atoms with Gasteiger partial charge in [0.1, 0.15) is 18.1 Å². The monoisotopic (exact) mass is 593 g/mol. The third-order valence-corrected chi connectivity index (χ3v) is 6.41. The number of allylic oxidation sites excluding steroid dienone is 4. The molecule has 0 aliphatic heterocycles. The molecule has 0 atom stereocenters. The molecule has 0 saturated carbocycles. The molecule has 42 heavy (non-hydrogen) atoms. The molecular formula is C33H55NO8. The van der Waals surface area contributed by atoms with Gasteiger partial charge in [-0.2, -0.15) is 0 Å². The summed E-state index contributed by atoms with van der Waals surface area (Å²) in [7, 11) is 3.25. The van der Waals surface area contributed by atoms with Crippen molar-refractivity contribution < 1.29 is 38.3 Å². The van der Waals surface area contributed by atoms with Crippen molar-refractivity contribution in [1.82, 2.24) is 4.90 Å². The van der Waals surface area contributed by atoms with Crippen LogP contribution in [0.2, 0.25) is 0 Å². The fourth-order valence-corrected chi connectivity index (χ4v) is 3.91. The van der Waals surface area contributed by atoms with E-state index >= 15 is 0 Å². The highest BCUT2D eigenvalue weighted by atomic mass is 16.6. The Morgan fingerprint density at radius 3 is 2.17 bits per heavy atom. The molecule has 1 aromatic rings. The van der Waals surface area contributed by atoms with Crippen LogP contribution in [-0.4, -0.2) is 89.8 Å². The number of carbonyl (C=O) groups is 1. The van der Waals surface area contributed by atoms with Gasteiger partial charge in [0.05, 0.1) is 46.2 Å². The molecule has 0 aromatic heterocycles. The smallest absolute Gasteiger partial charge is 0.412 e. The van der Waals surface area contributed by atoms with Crippen molar-refractivity contribution in [1.29, 1.82) is 0 Å². The van der Waals surface area contributed by atoms with Gasteiger partial charge < -0.3 is 33.5 Å².